The van der Waals surface area contributed by atoms with Gasteiger partial charge in [-0.1, -0.05) is 24.3 Å². The first-order chi connectivity index (χ1) is 13.3. The summed E-state index contributed by atoms with van der Waals surface area (Å²) in [5.74, 6) is 0.610. The van der Waals surface area contributed by atoms with Gasteiger partial charge in [-0.2, -0.15) is 0 Å². The number of carbonyl (C=O) groups is 1. The van der Waals surface area contributed by atoms with Gasteiger partial charge in [0.15, 0.2) is 0 Å². The van der Waals surface area contributed by atoms with Crippen LogP contribution in [0.25, 0.3) is 10.8 Å². The number of amides is 1. The van der Waals surface area contributed by atoms with Crippen molar-refractivity contribution < 1.29 is 4.79 Å². The molecule has 1 aromatic carbocycles. The van der Waals surface area contributed by atoms with Crippen LogP contribution in [0.1, 0.15) is 15.9 Å². The van der Waals surface area contributed by atoms with Crippen molar-refractivity contribution in [3.8, 4) is 0 Å². The molecule has 4 rings (SSSR count). The highest BCUT2D eigenvalue weighted by Crippen LogP contribution is 2.18. The molecule has 0 fully saturated rings. The molecule has 0 aliphatic heterocycles. The van der Waals surface area contributed by atoms with E-state index in [4.69, 9.17) is 0 Å². The summed E-state index contributed by atoms with van der Waals surface area (Å²) in [4.78, 5) is 29.1. The van der Waals surface area contributed by atoms with Gasteiger partial charge in [0, 0.05) is 36.7 Å². The highest BCUT2D eigenvalue weighted by atomic mass is 16.1. The van der Waals surface area contributed by atoms with Gasteiger partial charge in [-0.25, -0.2) is 15.0 Å². The second kappa shape index (κ2) is 7.57. The van der Waals surface area contributed by atoms with E-state index in [2.05, 4.69) is 30.6 Å². The molecular formula is C20H16N6O. The molecular weight excluding hydrogens is 340 g/mol. The topological polar surface area (TPSA) is 92.7 Å². The first-order valence-electron chi connectivity index (χ1n) is 8.38. The molecule has 7 nitrogen and oxygen atoms in total. The minimum Gasteiger partial charge on any atom is -0.365 e. The highest BCUT2D eigenvalue weighted by Gasteiger charge is 2.14. The van der Waals surface area contributed by atoms with Gasteiger partial charge in [-0.15, -0.1) is 0 Å². The zero-order valence-electron chi connectivity index (χ0n) is 14.3. The molecule has 7 heteroatoms. The van der Waals surface area contributed by atoms with Crippen LogP contribution in [0.3, 0.4) is 0 Å². The molecule has 27 heavy (non-hydrogen) atoms. The molecule has 0 bridgehead atoms. The third-order valence-electron chi connectivity index (χ3n) is 4.04. The van der Waals surface area contributed by atoms with Crippen LogP contribution < -0.4 is 10.6 Å². The predicted octanol–water partition coefficient (Wildman–Crippen LogP) is 3.28. The summed E-state index contributed by atoms with van der Waals surface area (Å²) in [7, 11) is 0. The average molecular weight is 356 g/mol. The average Bonchev–Trinajstić information content (AvgIpc) is 2.73. The number of benzene rings is 1. The Morgan fingerprint density at radius 2 is 1.74 bits per heavy atom. The Kier molecular flexibility index (Phi) is 4.65. The lowest BCUT2D eigenvalue weighted by atomic mass is 10.2. The molecule has 0 saturated carbocycles. The monoisotopic (exact) mass is 356 g/mol. The van der Waals surface area contributed by atoms with Gasteiger partial charge >= 0.3 is 0 Å². The van der Waals surface area contributed by atoms with E-state index in [1.54, 1.807) is 18.6 Å². The van der Waals surface area contributed by atoms with Gasteiger partial charge < -0.3 is 10.6 Å². The van der Waals surface area contributed by atoms with Crippen molar-refractivity contribution >= 4 is 28.3 Å². The van der Waals surface area contributed by atoms with Gasteiger partial charge in [-0.05, 0) is 29.1 Å². The minimum atomic E-state index is -0.324. The van der Waals surface area contributed by atoms with E-state index in [0.717, 1.165) is 16.3 Å². The van der Waals surface area contributed by atoms with Gasteiger partial charge in [-0.3, -0.25) is 9.78 Å². The minimum absolute atomic E-state index is 0.324. The summed E-state index contributed by atoms with van der Waals surface area (Å²) in [5.41, 5.74) is 1.38. The van der Waals surface area contributed by atoms with Gasteiger partial charge in [0.2, 0.25) is 0 Å². The number of pyridine rings is 2. The molecule has 0 atom stereocenters. The Hall–Kier alpha value is -3.87. The van der Waals surface area contributed by atoms with Crippen LogP contribution in [-0.2, 0) is 6.54 Å². The summed E-state index contributed by atoms with van der Waals surface area (Å²) in [6.07, 6.45) is 8.05. The summed E-state index contributed by atoms with van der Waals surface area (Å²) < 4.78 is 0. The van der Waals surface area contributed by atoms with Crippen molar-refractivity contribution in [3.63, 3.8) is 0 Å². The summed E-state index contributed by atoms with van der Waals surface area (Å²) in [5, 5.41) is 7.99. The normalized spacial score (nSPS) is 10.5. The molecule has 2 N–H and O–H groups in total. The maximum atomic E-state index is 12.7. The molecule has 3 aromatic heterocycles. The highest BCUT2D eigenvalue weighted by molar-refractivity contribution is 6.07. The Labute approximate surface area is 155 Å². The van der Waals surface area contributed by atoms with Crippen molar-refractivity contribution in [1.82, 2.24) is 19.9 Å². The number of carbonyl (C=O) groups excluding carboxylic acids is 1. The summed E-state index contributed by atoms with van der Waals surface area (Å²) >= 11 is 0. The van der Waals surface area contributed by atoms with E-state index in [9.17, 15) is 4.79 Å². The first-order valence-corrected chi connectivity index (χ1v) is 8.38. The van der Waals surface area contributed by atoms with Crippen molar-refractivity contribution in [2.24, 2.45) is 0 Å². The number of nitrogens with one attached hydrogen (secondary N) is 2. The standard InChI is InChI=1S/C20H16N6O/c27-20(26-18-9-15-3-1-2-4-16(15)11-23-18)17-12-22-13-25-19(17)24-10-14-5-7-21-8-6-14/h1-9,11-13H,10H2,(H,22,24,25)(H,23,26,27). The van der Waals surface area contributed by atoms with Crippen LogP contribution in [-0.4, -0.2) is 25.8 Å². The fourth-order valence-corrected chi connectivity index (χ4v) is 2.66. The van der Waals surface area contributed by atoms with Crippen molar-refractivity contribution in [2.75, 3.05) is 10.6 Å². The fourth-order valence-electron chi connectivity index (χ4n) is 2.66. The lowest BCUT2D eigenvalue weighted by Gasteiger charge is -2.11. The summed E-state index contributed by atoms with van der Waals surface area (Å²) in [6, 6.07) is 13.5. The lowest BCUT2D eigenvalue weighted by molar-refractivity contribution is 0.102. The van der Waals surface area contributed by atoms with Crippen LogP contribution in [0.4, 0.5) is 11.6 Å². The van der Waals surface area contributed by atoms with Gasteiger partial charge in [0.05, 0.1) is 0 Å². The number of hydrogen-bond donors (Lipinski definition) is 2. The molecule has 1 amide bonds. The largest absolute Gasteiger partial charge is 0.365 e. The first kappa shape index (κ1) is 16.6. The number of fused-ring (bicyclic) bond motifs is 1. The van der Waals surface area contributed by atoms with E-state index in [0.29, 0.717) is 23.7 Å². The van der Waals surface area contributed by atoms with Crippen LogP contribution in [0.5, 0.6) is 0 Å². The number of nitrogens with zero attached hydrogens (tertiary/aromatic N) is 4. The van der Waals surface area contributed by atoms with E-state index in [1.165, 1.54) is 12.5 Å². The molecule has 132 valence electrons. The molecule has 0 radical (unpaired) electrons. The maximum absolute atomic E-state index is 12.7. The second-order valence-electron chi connectivity index (χ2n) is 5.86. The molecule has 0 aliphatic carbocycles. The van der Waals surface area contributed by atoms with Gasteiger partial charge in [0.1, 0.15) is 23.5 Å². The number of hydrogen-bond acceptors (Lipinski definition) is 6. The van der Waals surface area contributed by atoms with Crippen LogP contribution >= 0.6 is 0 Å². The Morgan fingerprint density at radius 1 is 0.926 bits per heavy atom. The molecule has 0 aliphatic rings. The molecule has 0 unspecified atom stereocenters. The second-order valence-corrected chi connectivity index (χ2v) is 5.86. The molecule has 4 aromatic rings. The van der Waals surface area contributed by atoms with E-state index in [1.807, 2.05) is 42.5 Å². The number of anilines is 2. The zero-order chi connectivity index (χ0) is 18.5. The lowest BCUT2D eigenvalue weighted by Crippen LogP contribution is -2.17. The Balaban J connectivity index is 1.52. The quantitative estimate of drug-likeness (QED) is 0.570. The van der Waals surface area contributed by atoms with Crippen LogP contribution in [0.2, 0.25) is 0 Å². The Bertz CT molecular complexity index is 1080. The SMILES string of the molecule is O=C(Nc1cc2ccccc2cn1)c1cncnc1NCc1ccncc1. The number of rotatable bonds is 5. The summed E-state index contributed by atoms with van der Waals surface area (Å²) in [6.45, 7) is 0.522. The van der Waals surface area contributed by atoms with E-state index < -0.39 is 0 Å². The predicted molar refractivity (Wildman–Crippen MR) is 103 cm³/mol. The fraction of sp³-hybridized carbons (Fsp3) is 0.0500. The zero-order valence-corrected chi connectivity index (χ0v) is 14.3. The molecule has 0 spiro atoms. The smallest absolute Gasteiger partial charge is 0.262 e. The van der Waals surface area contributed by atoms with Crippen LogP contribution in [0.15, 0.2) is 73.6 Å². The van der Waals surface area contributed by atoms with Crippen molar-refractivity contribution in [3.05, 3.63) is 84.7 Å². The molecule has 3 heterocycles. The van der Waals surface area contributed by atoms with Gasteiger partial charge in [0.25, 0.3) is 5.91 Å². The molecule has 0 saturated heterocycles. The maximum Gasteiger partial charge on any atom is 0.262 e. The van der Waals surface area contributed by atoms with E-state index >= 15 is 0 Å². The van der Waals surface area contributed by atoms with E-state index in [-0.39, 0.29) is 5.91 Å². The Morgan fingerprint density at radius 3 is 2.59 bits per heavy atom. The third-order valence-corrected chi connectivity index (χ3v) is 4.04. The van der Waals surface area contributed by atoms with Crippen molar-refractivity contribution in [2.45, 2.75) is 6.54 Å². The number of aromatic nitrogens is 4. The van der Waals surface area contributed by atoms with Crippen LogP contribution in [0, 0.1) is 0 Å². The third kappa shape index (κ3) is 3.87. The van der Waals surface area contributed by atoms with Crippen molar-refractivity contribution in [1.29, 1.82) is 0 Å².